The quantitative estimate of drug-likeness (QED) is 0.744. The van der Waals surface area contributed by atoms with E-state index in [1.165, 1.54) is 0 Å². The summed E-state index contributed by atoms with van der Waals surface area (Å²) in [6, 6.07) is 0.0976. The highest BCUT2D eigenvalue weighted by molar-refractivity contribution is 7.91. The summed E-state index contributed by atoms with van der Waals surface area (Å²) in [6.07, 6.45) is 1.02. The minimum Gasteiger partial charge on any atom is -0.444 e. The minimum atomic E-state index is -2.88. The molecule has 1 spiro atoms. The predicted molar refractivity (Wildman–Crippen MR) is 89.7 cm³/mol. The lowest BCUT2D eigenvalue weighted by molar-refractivity contribution is -0.184. The number of hydrogen-bond acceptors (Lipinski definition) is 6. The van der Waals surface area contributed by atoms with Crippen molar-refractivity contribution in [1.82, 2.24) is 10.2 Å². The van der Waals surface area contributed by atoms with Crippen LogP contribution in [0.1, 0.15) is 33.6 Å². The van der Waals surface area contributed by atoms with Gasteiger partial charge in [-0.25, -0.2) is 13.2 Å². The van der Waals surface area contributed by atoms with Gasteiger partial charge in [0.1, 0.15) is 21.0 Å². The highest BCUT2D eigenvalue weighted by atomic mass is 32.2. The van der Waals surface area contributed by atoms with E-state index in [0.717, 1.165) is 6.54 Å². The first-order valence-corrected chi connectivity index (χ1v) is 10.5. The Kier molecular flexibility index (Phi) is 4.59. The third-order valence-electron chi connectivity index (χ3n) is 5.06. The molecule has 0 aromatic rings. The van der Waals surface area contributed by atoms with Gasteiger partial charge in [-0.05, 0) is 39.5 Å². The number of nitrogens with one attached hydrogen (secondary N) is 1. The molecular formula is C16H28N2O5S. The average Bonchev–Trinajstić information content (AvgIpc) is 2.43. The van der Waals surface area contributed by atoms with Gasteiger partial charge in [-0.3, -0.25) is 0 Å². The van der Waals surface area contributed by atoms with E-state index in [-0.39, 0.29) is 29.6 Å². The topological polar surface area (TPSA) is 84.9 Å². The number of nitrogens with zero attached hydrogens (tertiary/aromatic N) is 1. The molecule has 3 aliphatic rings. The van der Waals surface area contributed by atoms with Crippen molar-refractivity contribution in [1.29, 1.82) is 0 Å². The third-order valence-corrected chi connectivity index (χ3v) is 6.78. The van der Waals surface area contributed by atoms with Crippen LogP contribution in [0.25, 0.3) is 0 Å². The molecule has 3 aliphatic heterocycles. The predicted octanol–water partition coefficient (Wildman–Crippen LogP) is 0.789. The second-order valence-corrected chi connectivity index (χ2v) is 10.5. The number of rotatable bonds is 1. The first-order valence-electron chi connectivity index (χ1n) is 8.66. The zero-order valence-electron chi connectivity index (χ0n) is 14.7. The molecule has 0 saturated carbocycles. The normalized spacial score (nSPS) is 30.0. The second kappa shape index (κ2) is 6.14. The molecule has 0 radical (unpaired) electrons. The largest absolute Gasteiger partial charge is 0.444 e. The number of ether oxygens (including phenoxy) is 2. The van der Waals surface area contributed by atoms with Gasteiger partial charge < -0.3 is 19.7 Å². The molecule has 0 bridgehead atoms. The van der Waals surface area contributed by atoms with Gasteiger partial charge in [0.15, 0.2) is 0 Å². The van der Waals surface area contributed by atoms with Crippen LogP contribution < -0.4 is 5.32 Å². The molecule has 0 aromatic carbocycles. The molecule has 7 nitrogen and oxygen atoms in total. The van der Waals surface area contributed by atoms with E-state index < -0.39 is 21.0 Å². The Labute approximate surface area is 144 Å². The van der Waals surface area contributed by atoms with Gasteiger partial charge in [0, 0.05) is 12.6 Å². The molecule has 3 heterocycles. The molecule has 0 aromatic heterocycles. The molecule has 24 heavy (non-hydrogen) atoms. The van der Waals surface area contributed by atoms with Crippen molar-refractivity contribution >= 4 is 15.9 Å². The van der Waals surface area contributed by atoms with Crippen LogP contribution in [0.5, 0.6) is 0 Å². The molecule has 1 amide bonds. The van der Waals surface area contributed by atoms with Crippen LogP contribution in [0, 0.1) is 5.92 Å². The SMILES string of the molecule is CC(C)(C)OC(=O)N1CC2(C1)OCCNC2C1CCS(=O)(=O)CC1. The number of sulfone groups is 1. The van der Waals surface area contributed by atoms with E-state index in [0.29, 0.717) is 32.5 Å². The third kappa shape index (κ3) is 3.70. The number of amides is 1. The maximum atomic E-state index is 12.2. The van der Waals surface area contributed by atoms with E-state index in [4.69, 9.17) is 9.47 Å². The zero-order chi connectivity index (χ0) is 17.6. The monoisotopic (exact) mass is 360 g/mol. The molecular weight excluding hydrogens is 332 g/mol. The lowest BCUT2D eigenvalue weighted by Crippen LogP contribution is -2.76. The van der Waals surface area contributed by atoms with Gasteiger partial charge in [0.05, 0.1) is 31.2 Å². The Hall–Kier alpha value is -0.860. The Morgan fingerprint density at radius 1 is 1.25 bits per heavy atom. The molecule has 1 N–H and O–H groups in total. The number of morpholine rings is 1. The van der Waals surface area contributed by atoms with E-state index in [2.05, 4.69) is 5.32 Å². The lowest BCUT2D eigenvalue weighted by Gasteiger charge is -2.57. The zero-order valence-corrected chi connectivity index (χ0v) is 15.5. The molecule has 1 unspecified atom stereocenters. The van der Waals surface area contributed by atoms with Crippen LogP contribution in [0.2, 0.25) is 0 Å². The van der Waals surface area contributed by atoms with Crippen LogP contribution in [0.3, 0.4) is 0 Å². The summed E-state index contributed by atoms with van der Waals surface area (Å²) in [7, 11) is -2.88. The van der Waals surface area contributed by atoms with Crippen LogP contribution in [-0.4, -0.2) is 74.4 Å². The summed E-state index contributed by atoms with van der Waals surface area (Å²) in [5.41, 5.74) is -0.913. The summed E-state index contributed by atoms with van der Waals surface area (Å²) in [4.78, 5) is 13.9. The van der Waals surface area contributed by atoms with Gasteiger partial charge >= 0.3 is 6.09 Å². The Morgan fingerprint density at radius 3 is 2.46 bits per heavy atom. The number of likely N-dealkylation sites (tertiary alicyclic amines) is 1. The van der Waals surface area contributed by atoms with Crippen molar-refractivity contribution in [2.75, 3.05) is 37.7 Å². The molecule has 3 rings (SSSR count). The Balaban J connectivity index is 1.63. The van der Waals surface area contributed by atoms with Crippen molar-refractivity contribution in [3.8, 4) is 0 Å². The summed E-state index contributed by atoms with van der Waals surface area (Å²) in [5, 5.41) is 3.52. The molecule has 1 atom stereocenters. The van der Waals surface area contributed by atoms with Crippen molar-refractivity contribution in [3.05, 3.63) is 0 Å². The smallest absolute Gasteiger partial charge is 0.410 e. The maximum absolute atomic E-state index is 12.2. The van der Waals surface area contributed by atoms with E-state index in [1.807, 2.05) is 20.8 Å². The molecule has 8 heteroatoms. The van der Waals surface area contributed by atoms with Crippen LogP contribution >= 0.6 is 0 Å². The van der Waals surface area contributed by atoms with E-state index in [1.54, 1.807) is 4.90 Å². The van der Waals surface area contributed by atoms with E-state index >= 15 is 0 Å². The van der Waals surface area contributed by atoms with Gasteiger partial charge in [-0.1, -0.05) is 0 Å². The summed E-state index contributed by atoms with van der Waals surface area (Å²) < 4.78 is 34.8. The maximum Gasteiger partial charge on any atom is 0.410 e. The highest BCUT2D eigenvalue weighted by Gasteiger charge is 2.56. The summed E-state index contributed by atoms with van der Waals surface area (Å²) >= 11 is 0. The van der Waals surface area contributed by atoms with Crippen molar-refractivity contribution in [2.45, 2.75) is 50.9 Å². The number of hydrogen-bond donors (Lipinski definition) is 1. The first-order chi connectivity index (χ1) is 11.1. The molecule has 138 valence electrons. The number of carbonyl (C=O) groups is 1. The molecule has 0 aliphatic carbocycles. The molecule has 3 fully saturated rings. The van der Waals surface area contributed by atoms with Gasteiger partial charge in [-0.15, -0.1) is 0 Å². The Bertz CT molecular complexity index is 578. The highest BCUT2D eigenvalue weighted by Crippen LogP contribution is 2.38. The second-order valence-electron chi connectivity index (χ2n) is 8.17. The summed E-state index contributed by atoms with van der Waals surface area (Å²) in [6.45, 7) is 7.94. The minimum absolute atomic E-state index is 0.0976. The fraction of sp³-hybridized carbons (Fsp3) is 0.938. The standard InChI is InChI=1S/C16H28N2O5S/c1-15(2,3)23-14(19)18-10-16(11-18)13(17-6-7-22-16)12-4-8-24(20,21)9-5-12/h12-13,17H,4-11H2,1-3H3. The van der Waals surface area contributed by atoms with Gasteiger partial charge in [0.2, 0.25) is 0 Å². The van der Waals surface area contributed by atoms with Gasteiger partial charge in [-0.2, -0.15) is 0 Å². The average molecular weight is 360 g/mol. The molecule has 3 saturated heterocycles. The van der Waals surface area contributed by atoms with Crippen LogP contribution in [0.4, 0.5) is 4.79 Å². The fourth-order valence-electron chi connectivity index (χ4n) is 3.93. The fourth-order valence-corrected chi connectivity index (χ4v) is 5.45. The summed E-state index contributed by atoms with van der Waals surface area (Å²) in [5.74, 6) is 0.776. The van der Waals surface area contributed by atoms with Crippen molar-refractivity contribution < 1.29 is 22.7 Å². The first kappa shape index (κ1) is 17.9. The Morgan fingerprint density at radius 2 is 1.88 bits per heavy atom. The van der Waals surface area contributed by atoms with E-state index in [9.17, 15) is 13.2 Å². The lowest BCUT2D eigenvalue weighted by atomic mass is 9.76. The van der Waals surface area contributed by atoms with Gasteiger partial charge in [0.25, 0.3) is 0 Å². The van der Waals surface area contributed by atoms with Crippen molar-refractivity contribution in [2.24, 2.45) is 5.92 Å². The van der Waals surface area contributed by atoms with Crippen LogP contribution in [0.15, 0.2) is 0 Å². The number of carbonyl (C=O) groups excluding carboxylic acids is 1. The van der Waals surface area contributed by atoms with Crippen molar-refractivity contribution in [3.63, 3.8) is 0 Å². The van der Waals surface area contributed by atoms with Crippen LogP contribution in [-0.2, 0) is 19.3 Å².